The molecule has 15 heavy (non-hydrogen) atoms. The van der Waals surface area contributed by atoms with Crippen molar-refractivity contribution >= 4 is 11.3 Å². The van der Waals surface area contributed by atoms with E-state index in [1.54, 1.807) is 18.4 Å². The minimum Gasteiger partial charge on any atom is -0.371 e. The predicted octanol–water partition coefficient (Wildman–Crippen LogP) is 2.09. The number of hydrogen-bond acceptors (Lipinski definition) is 5. The van der Waals surface area contributed by atoms with E-state index in [0.29, 0.717) is 0 Å². The van der Waals surface area contributed by atoms with Crippen LogP contribution in [0.5, 0.6) is 0 Å². The smallest absolute Gasteiger partial charge is 0.149 e. The van der Waals surface area contributed by atoms with Gasteiger partial charge in [-0.2, -0.15) is 0 Å². The first kappa shape index (κ1) is 12.5. The van der Waals surface area contributed by atoms with E-state index in [1.165, 1.54) is 0 Å². The van der Waals surface area contributed by atoms with Crippen LogP contribution in [0.25, 0.3) is 0 Å². The van der Waals surface area contributed by atoms with Crippen molar-refractivity contribution in [3.05, 3.63) is 10.0 Å². The van der Waals surface area contributed by atoms with Crippen LogP contribution < -0.4 is 5.32 Å². The summed E-state index contributed by atoms with van der Waals surface area (Å²) in [5.41, 5.74) is -0.302. The fourth-order valence-electron chi connectivity index (χ4n) is 1.13. The Morgan fingerprint density at radius 1 is 1.53 bits per heavy atom. The molecule has 1 rings (SSSR count). The maximum Gasteiger partial charge on any atom is 0.149 e. The zero-order valence-electron chi connectivity index (χ0n) is 10.00. The normalized spacial score (nSPS) is 17.4. The highest BCUT2D eigenvalue weighted by atomic mass is 32.1. The zero-order valence-corrected chi connectivity index (χ0v) is 10.8. The van der Waals surface area contributed by atoms with Crippen molar-refractivity contribution in [2.45, 2.75) is 38.8 Å². The molecule has 0 aliphatic heterocycles. The second-order valence-electron chi connectivity index (χ2n) is 3.74. The van der Waals surface area contributed by atoms with Crippen LogP contribution in [-0.4, -0.2) is 24.4 Å². The largest absolute Gasteiger partial charge is 0.371 e. The van der Waals surface area contributed by atoms with Gasteiger partial charge in [0.2, 0.25) is 0 Å². The van der Waals surface area contributed by atoms with Gasteiger partial charge in [-0.15, -0.1) is 10.2 Å². The molecule has 0 saturated carbocycles. The fourth-order valence-corrected chi connectivity index (χ4v) is 2.23. The molecule has 2 atom stereocenters. The summed E-state index contributed by atoms with van der Waals surface area (Å²) in [4.78, 5) is 0. The molecule has 0 aliphatic carbocycles. The molecule has 1 aromatic heterocycles. The number of aromatic nitrogens is 2. The lowest BCUT2D eigenvalue weighted by molar-refractivity contribution is -0.00207. The standard InChI is InChI=1S/C10H19N3OS/c1-6-10(3,14-5)9-13-12-8(15-9)7(2)11-4/h7,11H,6H2,1-5H3. The Kier molecular flexibility index (Phi) is 4.19. The molecule has 0 spiro atoms. The molecule has 1 heterocycles. The second kappa shape index (κ2) is 5.01. The van der Waals surface area contributed by atoms with Crippen LogP contribution in [-0.2, 0) is 10.3 Å². The van der Waals surface area contributed by atoms with Crippen LogP contribution in [0.4, 0.5) is 0 Å². The summed E-state index contributed by atoms with van der Waals surface area (Å²) in [6, 6.07) is 0.245. The fraction of sp³-hybridized carbons (Fsp3) is 0.800. The van der Waals surface area contributed by atoms with Crippen molar-refractivity contribution in [1.82, 2.24) is 15.5 Å². The van der Waals surface area contributed by atoms with E-state index in [1.807, 2.05) is 14.0 Å². The Hall–Kier alpha value is -0.520. The van der Waals surface area contributed by atoms with Crippen molar-refractivity contribution < 1.29 is 4.74 Å². The molecule has 0 aliphatic rings. The van der Waals surface area contributed by atoms with Gasteiger partial charge in [-0.1, -0.05) is 18.3 Å². The predicted molar refractivity (Wildman–Crippen MR) is 62.0 cm³/mol. The molecule has 0 fully saturated rings. The topological polar surface area (TPSA) is 47.0 Å². The van der Waals surface area contributed by atoms with Gasteiger partial charge >= 0.3 is 0 Å². The highest BCUT2D eigenvalue weighted by Crippen LogP contribution is 2.31. The van der Waals surface area contributed by atoms with E-state index in [0.717, 1.165) is 16.4 Å². The highest BCUT2D eigenvalue weighted by molar-refractivity contribution is 7.11. The lowest BCUT2D eigenvalue weighted by atomic mass is 10.1. The van der Waals surface area contributed by atoms with Gasteiger partial charge in [-0.25, -0.2) is 0 Å². The molecule has 0 radical (unpaired) electrons. The van der Waals surface area contributed by atoms with Crippen molar-refractivity contribution in [1.29, 1.82) is 0 Å². The summed E-state index contributed by atoms with van der Waals surface area (Å²) >= 11 is 1.61. The second-order valence-corrected chi connectivity index (χ2v) is 4.75. The lowest BCUT2D eigenvalue weighted by Gasteiger charge is -2.22. The molecule has 0 bridgehead atoms. The number of nitrogens with zero attached hydrogens (tertiary/aromatic N) is 2. The van der Waals surface area contributed by atoms with Crippen LogP contribution in [0.2, 0.25) is 0 Å². The molecule has 5 heteroatoms. The monoisotopic (exact) mass is 229 g/mol. The van der Waals surface area contributed by atoms with Crippen molar-refractivity contribution in [3.8, 4) is 0 Å². The molecule has 2 unspecified atom stereocenters. The SMILES string of the molecule is CCC(C)(OC)c1nnc(C(C)NC)s1. The van der Waals surface area contributed by atoms with Crippen LogP contribution in [0.15, 0.2) is 0 Å². The van der Waals surface area contributed by atoms with Gasteiger partial charge in [0.25, 0.3) is 0 Å². The Morgan fingerprint density at radius 3 is 2.67 bits per heavy atom. The van der Waals surface area contributed by atoms with E-state index < -0.39 is 0 Å². The lowest BCUT2D eigenvalue weighted by Crippen LogP contribution is -2.22. The Balaban J connectivity index is 2.92. The summed E-state index contributed by atoms with van der Waals surface area (Å²) in [6.07, 6.45) is 0.895. The number of rotatable bonds is 5. The van der Waals surface area contributed by atoms with E-state index in [9.17, 15) is 0 Å². The van der Waals surface area contributed by atoms with Gasteiger partial charge in [0.1, 0.15) is 15.6 Å². The van der Waals surface area contributed by atoms with Gasteiger partial charge in [0, 0.05) is 7.11 Å². The Labute approximate surface area is 95.1 Å². The van der Waals surface area contributed by atoms with Crippen LogP contribution >= 0.6 is 11.3 Å². The molecule has 4 nitrogen and oxygen atoms in total. The third-order valence-corrected chi connectivity index (χ3v) is 4.17. The minimum absolute atomic E-state index is 0.245. The Morgan fingerprint density at radius 2 is 2.20 bits per heavy atom. The first-order chi connectivity index (χ1) is 7.07. The zero-order chi connectivity index (χ0) is 11.5. The molecule has 1 N–H and O–H groups in total. The first-order valence-corrected chi connectivity index (χ1v) is 5.95. The average molecular weight is 229 g/mol. The minimum atomic E-state index is -0.302. The third kappa shape index (κ3) is 2.53. The quantitative estimate of drug-likeness (QED) is 0.840. The van der Waals surface area contributed by atoms with Gasteiger partial charge in [0.05, 0.1) is 6.04 Å². The molecule has 0 aromatic carbocycles. The molecule has 0 saturated heterocycles. The molecule has 86 valence electrons. The molecule has 1 aromatic rings. The van der Waals surface area contributed by atoms with Crippen LogP contribution in [0.1, 0.15) is 43.2 Å². The molecular weight excluding hydrogens is 210 g/mol. The summed E-state index contributed by atoms with van der Waals surface area (Å²) in [5, 5.41) is 13.5. The van der Waals surface area contributed by atoms with Crippen LogP contribution in [0.3, 0.4) is 0 Å². The molecule has 0 amide bonds. The van der Waals surface area contributed by atoms with Crippen molar-refractivity contribution in [2.24, 2.45) is 0 Å². The third-order valence-electron chi connectivity index (χ3n) is 2.82. The van der Waals surface area contributed by atoms with E-state index in [4.69, 9.17) is 4.74 Å². The van der Waals surface area contributed by atoms with Gasteiger partial charge in [-0.3, -0.25) is 0 Å². The number of nitrogens with one attached hydrogen (secondary N) is 1. The average Bonchev–Trinajstić information content (AvgIpc) is 2.76. The van der Waals surface area contributed by atoms with E-state index in [2.05, 4.69) is 29.4 Å². The molecular formula is C10H19N3OS. The van der Waals surface area contributed by atoms with Gasteiger partial charge in [0.15, 0.2) is 0 Å². The summed E-state index contributed by atoms with van der Waals surface area (Å²) in [6.45, 7) is 6.20. The number of hydrogen-bond donors (Lipinski definition) is 1. The number of ether oxygens (including phenoxy) is 1. The van der Waals surface area contributed by atoms with Gasteiger partial charge in [-0.05, 0) is 27.3 Å². The van der Waals surface area contributed by atoms with Crippen molar-refractivity contribution in [3.63, 3.8) is 0 Å². The number of methoxy groups -OCH3 is 1. The Bertz CT molecular complexity index is 309. The van der Waals surface area contributed by atoms with E-state index >= 15 is 0 Å². The summed E-state index contributed by atoms with van der Waals surface area (Å²) < 4.78 is 5.49. The van der Waals surface area contributed by atoms with E-state index in [-0.39, 0.29) is 11.6 Å². The van der Waals surface area contributed by atoms with Gasteiger partial charge < -0.3 is 10.1 Å². The maximum absolute atomic E-state index is 5.49. The first-order valence-electron chi connectivity index (χ1n) is 5.13. The van der Waals surface area contributed by atoms with Crippen molar-refractivity contribution in [2.75, 3.05) is 14.2 Å². The summed E-state index contributed by atoms with van der Waals surface area (Å²) in [7, 11) is 3.63. The maximum atomic E-state index is 5.49. The van der Waals surface area contributed by atoms with Crippen LogP contribution in [0, 0.1) is 0 Å². The summed E-state index contributed by atoms with van der Waals surface area (Å²) in [5.74, 6) is 0. The highest BCUT2D eigenvalue weighted by Gasteiger charge is 2.29.